The number of hydrogen-bond acceptors (Lipinski definition) is 3. The van der Waals surface area contributed by atoms with Gasteiger partial charge in [0.25, 0.3) is 0 Å². The molecule has 84 valence electrons. The summed E-state index contributed by atoms with van der Waals surface area (Å²) in [5.41, 5.74) is -0.0135. The summed E-state index contributed by atoms with van der Waals surface area (Å²) in [7, 11) is 1.79. The predicted molar refractivity (Wildman–Crippen MR) is 57.6 cm³/mol. The van der Waals surface area contributed by atoms with Crippen molar-refractivity contribution >= 4 is 0 Å². The van der Waals surface area contributed by atoms with E-state index in [1.165, 1.54) is 0 Å². The molecular formula is C11H23NO2. The average molecular weight is 201 g/mol. The molecule has 0 spiro atoms. The summed E-state index contributed by atoms with van der Waals surface area (Å²) in [6.45, 7) is 10.3. The van der Waals surface area contributed by atoms with Crippen molar-refractivity contribution in [1.29, 1.82) is 0 Å². The van der Waals surface area contributed by atoms with Crippen molar-refractivity contribution in [2.45, 2.75) is 38.9 Å². The second-order valence-corrected chi connectivity index (χ2v) is 4.91. The first-order valence-corrected chi connectivity index (χ1v) is 5.40. The molecule has 1 fully saturated rings. The SMILES string of the molecule is CO[C@H]1CCN(CCOC(C)(C)C)C1. The van der Waals surface area contributed by atoms with Gasteiger partial charge in [0.2, 0.25) is 0 Å². The van der Waals surface area contributed by atoms with Gasteiger partial charge in [0, 0.05) is 26.7 Å². The van der Waals surface area contributed by atoms with Gasteiger partial charge < -0.3 is 9.47 Å². The molecule has 0 aliphatic carbocycles. The van der Waals surface area contributed by atoms with Gasteiger partial charge in [-0.2, -0.15) is 0 Å². The van der Waals surface area contributed by atoms with Crippen LogP contribution in [0.1, 0.15) is 27.2 Å². The highest BCUT2D eigenvalue weighted by molar-refractivity contribution is 4.75. The highest BCUT2D eigenvalue weighted by Crippen LogP contribution is 2.12. The van der Waals surface area contributed by atoms with Crippen LogP contribution in [0.2, 0.25) is 0 Å². The Balaban J connectivity index is 2.09. The third-order valence-corrected chi connectivity index (χ3v) is 2.51. The van der Waals surface area contributed by atoms with Crippen LogP contribution in [-0.2, 0) is 9.47 Å². The van der Waals surface area contributed by atoms with E-state index in [4.69, 9.17) is 9.47 Å². The smallest absolute Gasteiger partial charge is 0.0710 e. The number of methoxy groups -OCH3 is 1. The van der Waals surface area contributed by atoms with Crippen LogP contribution in [0.5, 0.6) is 0 Å². The van der Waals surface area contributed by atoms with Crippen molar-refractivity contribution in [2.24, 2.45) is 0 Å². The van der Waals surface area contributed by atoms with E-state index in [1.807, 2.05) is 0 Å². The molecule has 0 N–H and O–H groups in total. The highest BCUT2D eigenvalue weighted by atomic mass is 16.5. The molecule has 1 saturated heterocycles. The van der Waals surface area contributed by atoms with Gasteiger partial charge in [0.1, 0.15) is 0 Å². The zero-order valence-electron chi connectivity index (χ0n) is 9.88. The van der Waals surface area contributed by atoms with Crippen LogP contribution in [0.15, 0.2) is 0 Å². The third-order valence-electron chi connectivity index (χ3n) is 2.51. The van der Waals surface area contributed by atoms with Crippen LogP contribution >= 0.6 is 0 Å². The second-order valence-electron chi connectivity index (χ2n) is 4.91. The number of likely N-dealkylation sites (tertiary alicyclic amines) is 1. The van der Waals surface area contributed by atoms with Crippen molar-refractivity contribution in [3.8, 4) is 0 Å². The number of rotatable bonds is 4. The molecule has 3 nitrogen and oxygen atoms in total. The van der Waals surface area contributed by atoms with Crippen LogP contribution in [0.25, 0.3) is 0 Å². The summed E-state index contributed by atoms with van der Waals surface area (Å²) in [6, 6.07) is 0. The molecule has 0 aromatic carbocycles. The minimum absolute atomic E-state index is 0.0135. The van der Waals surface area contributed by atoms with E-state index in [2.05, 4.69) is 25.7 Å². The van der Waals surface area contributed by atoms with Crippen molar-refractivity contribution in [3.63, 3.8) is 0 Å². The Morgan fingerprint density at radius 1 is 1.36 bits per heavy atom. The van der Waals surface area contributed by atoms with Gasteiger partial charge in [-0.25, -0.2) is 0 Å². The lowest BCUT2D eigenvalue weighted by Gasteiger charge is -2.22. The first-order valence-electron chi connectivity index (χ1n) is 5.40. The average Bonchev–Trinajstić information content (AvgIpc) is 2.50. The number of hydrogen-bond donors (Lipinski definition) is 0. The Morgan fingerprint density at radius 2 is 2.07 bits per heavy atom. The van der Waals surface area contributed by atoms with Gasteiger partial charge in [-0.3, -0.25) is 4.90 Å². The monoisotopic (exact) mass is 201 g/mol. The van der Waals surface area contributed by atoms with Crippen LogP contribution in [0.3, 0.4) is 0 Å². The van der Waals surface area contributed by atoms with Crippen LogP contribution in [0.4, 0.5) is 0 Å². The van der Waals surface area contributed by atoms with E-state index in [9.17, 15) is 0 Å². The molecule has 1 heterocycles. The quantitative estimate of drug-likeness (QED) is 0.688. The minimum Gasteiger partial charge on any atom is -0.380 e. The van der Waals surface area contributed by atoms with Crippen molar-refractivity contribution in [2.75, 3.05) is 33.4 Å². The molecule has 0 bridgehead atoms. The lowest BCUT2D eigenvalue weighted by molar-refractivity contribution is -0.0123. The summed E-state index contributed by atoms with van der Waals surface area (Å²) >= 11 is 0. The maximum Gasteiger partial charge on any atom is 0.0710 e. The predicted octanol–water partition coefficient (Wildman–Crippen LogP) is 1.52. The fraction of sp³-hybridized carbons (Fsp3) is 1.00. The first-order chi connectivity index (χ1) is 6.51. The molecule has 0 amide bonds. The molecule has 1 aliphatic rings. The molecule has 0 saturated carbocycles. The molecule has 1 aliphatic heterocycles. The second kappa shape index (κ2) is 5.10. The van der Waals surface area contributed by atoms with Gasteiger partial charge in [0.15, 0.2) is 0 Å². The standard InChI is InChI=1S/C11H23NO2/c1-11(2,3)14-8-7-12-6-5-10(9-12)13-4/h10H,5-9H2,1-4H3/t10-/m0/s1. The highest BCUT2D eigenvalue weighted by Gasteiger charge is 2.21. The minimum atomic E-state index is -0.0135. The van der Waals surface area contributed by atoms with Crippen LogP contribution in [-0.4, -0.2) is 50.0 Å². The van der Waals surface area contributed by atoms with E-state index >= 15 is 0 Å². The molecule has 0 aromatic rings. The lowest BCUT2D eigenvalue weighted by atomic mass is 10.2. The fourth-order valence-electron chi connectivity index (χ4n) is 1.67. The van der Waals surface area contributed by atoms with Gasteiger partial charge >= 0.3 is 0 Å². The lowest BCUT2D eigenvalue weighted by Crippen LogP contribution is -2.30. The van der Waals surface area contributed by atoms with E-state index in [1.54, 1.807) is 7.11 Å². The van der Waals surface area contributed by atoms with Crippen LogP contribution < -0.4 is 0 Å². The van der Waals surface area contributed by atoms with E-state index in [-0.39, 0.29) is 5.60 Å². The first kappa shape index (κ1) is 12.0. The Bertz CT molecular complexity index is 165. The Morgan fingerprint density at radius 3 is 2.57 bits per heavy atom. The van der Waals surface area contributed by atoms with Crippen LogP contribution in [0, 0.1) is 0 Å². The van der Waals surface area contributed by atoms with Crippen molar-refractivity contribution in [1.82, 2.24) is 4.90 Å². The van der Waals surface area contributed by atoms with E-state index in [0.717, 1.165) is 32.7 Å². The normalized spacial score (nSPS) is 24.4. The Kier molecular flexibility index (Phi) is 4.35. The summed E-state index contributed by atoms with van der Waals surface area (Å²) < 4.78 is 11.0. The molecule has 0 unspecified atom stereocenters. The summed E-state index contributed by atoms with van der Waals surface area (Å²) in [5.74, 6) is 0. The largest absolute Gasteiger partial charge is 0.380 e. The molecule has 1 atom stereocenters. The summed E-state index contributed by atoms with van der Waals surface area (Å²) in [4.78, 5) is 2.40. The van der Waals surface area contributed by atoms with E-state index < -0.39 is 0 Å². The van der Waals surface area contributed by atoms with Gasteiger partial charge in [-0.15, -0.1) is 0 Å². The third kappa shape index (κ3) is 4.40. The summed E-state index contributed by atoms with van der Waals surface area (Å²) in [6.07, 6.45) is 1.59. The van der Waals surface area contributed by atoms with Crippen molar-refractivity contribution < 1.29 is 9.47 Å². The van der Waals surface area contributed by atoms with E-state index in [0.29, 0.717) is 6.10 Å². The molecule has 14 heavy (non-hydrogen) atoms. The summed E-state index contributed by atoms with van der Waals surface area (Å²) in [5, 5.41) is 0. The Hall–Kier alpha value is -0.120. The number of nitrogens with zero attached hydrogens (tertiary/aromatic N) is 1. The Labute approximate surface area is 87.4 Å². The zero-order valence-corrected chi connectivity index (χ0v) is 9.88. The molecule has 3 heteroatoms. The maximum absolute atomic E-state index is 5.68. The van der Waals surface area contributed by atoms with Crippen molar-refractivity contribution in [3.05, 3.63) is 0 Å². The molecule has 0 aromatic heterocycles. The molecule has 1 rings (SSSR count). The topological polar surface area (TPSA) is 21.7 Å². The fourth-order valence-corrected chi connectivity index (χ4v) is 1.67. The van der Waals surface area contributed by atoms with Gasteiger partial charge in [-0.1, -0.05) is 0 Å². The number of ether oxygens (including phenoxy) is 2. The molecular weight excluding hydrogens is 178 g/mol. The maximum atomic E-state index is 5.68. The van der Waals surface area contributed by atoms with Gasteiger partial charge in [-0.05, 0) is 27.2 Å². The van der Waals surface area contributed by atoms with Gasteiger partial charge in [0.05, 0.1) is 18.3 Å². The zero-order chi connectivity index (χ0) is 10.6. The molecule has 0 radical (unpaired) electrons.